The minimum Gasteiger partial charge on any atom is -0.350 e. The molecule has 1 aromatic heterocycles. The highest BCUT2D eigenvalue weighted by molar-refractivity contribution is 6.44. The Morgan fingerprint density at radius 3 is 2.60 bits per heavy atom. The summed E-state index contributed by atoms with van der Waals surface area (Å²) in [5.74, 6) is 5.91. The van der Waals surface area contributed by atoms with Gasteiger partial charge in [0.1, 0.15) is 5.71 Å². The van der Waals surface area contributed by atoms with E-state index in [1.54, 1.807) is 32.0 Å². The van der Waals surface area contributed by atoms with Crippen molar-refractivity contribution in [3.63, 3.8) is 0 Å². The lowest BCUT2D eigenvalue weighted by Gasteiger charge is -2.16. The van der Waals surface area contributed by atoms with Crippen LogP contribution >= 0.6 is 11.6 Å². The number of carbonyl (C=O) groups excluding carboxylic acids is 1. The standard InChI is InChI=1S/C20H21ClF3N5O/c1-12-5-3-8-17(27-12)28-16(19(29-25)13(2)26-11-30)10-9-14-6-4-7-15(18(14)21)20(22,23)24/h3-8,11,13H,9-10,25H2,1-2H3,(H,26,30). The van der Waals surface area contributed by atoms with E-state index in [0.717, 1.165) is 11.8 Å². The number of hydrazone groups is 1. The zero-order valence-electron chi connectivity index (χ0n) is 16.4. The maximum atomic E-state index is 13.1. The van der Waals surface area contributed by atoms with E-state index in [1.807, 2.05) is 0 Å². The van der Waals surface area contributed by atoms with E-state index in [9.17, 15) is 18.0 Å². The van der Waals surface area contributed by atoms with Gasteiger partial charge in [-0.3, -0.25) is 4.79 Å². The van der Waals surface area contributed by atoms with E-state index in [0.29, 0.717) is 23.5 Å². The molecule has 3 N–H and O–H groups in total. The van der Waals surface area contributed by atoms with Crippen molar-refractivity contribution in [1.82, 2.24) is 10.3 Å². The highest BCUT2D eigenvalue weighted by Crippen LogP contribution is 2.36. The Morgan fingerprint density at radius 2 is 2.00 bits per heavy atom. The van der Waals surface area contributed by atoms with Crippen LogP contribution in [0.15, 0.2) is 46.5 Å². The largest absolute Gasteiger partial charge is 0.417 e. The molecule has 1 aromatic carbocycles. The summed E-state index contributed by atoms with van der Waals surface area (Å²) in [4.78, 5) is 19.6. The predicted octanol–water partition coefficient (Wildman–Crippen LogP) is 4.22. The maximum Gasteiger partial charge on any atom is 0.417 e. The second-order valence-electron chi connectivity index (χ2n) is 6.49. The second-order valence-corrected chi connectivity index (χ2v) is 6.87. The van der Waals surface area contributed by atoms with E-state index in [2.05, 4.69) is 20.4 Å². The van der Waals surface area contributed by atoms with Gasteiger partial charge >= 0.3 is 6.18 Å². The Morgan fingerprint density at radius 1 is 1.30 bits per heavy atom. The molecular formula is C20H21ClF3N5O. The molecule has 10 heteroatoms. The van der Waals surface area contributed by atoms with E-state index in [-0.39, 0.29) is 23.6 Å². The first kappa shape index (κ1) is 23.3. The van der Waals surface area contributed by atoms with Gasteiger partial charge < -0.3 is 11.2 Å². The van der Waals surface area contributed by atoms with E-state index >= 15 is 0 Å². The minimum atomic E-state index is -4.55. The summed E-state index contributed by atoms with van der Waals surface area (Å²) in [6.07, 6.45) is -3.72. The number of nitrogens with two attached hydrogens (primary N) is 1. The van der Waals surface area contributed by atoms with Crippen molar-refractivity contribution in [2.45, 2.75) is 38.9 Å². The molecule has 0 radical (unpaired) electrons. The number of alkyl halides is 3. The van der Waals surface area contributed by atoms with Crippen molar-refractivity contribution in [3.05, 3.63) is 58.2 Å². The number of nitrogens with zero attached hydrogens (tertiary/aromatic N) is 3. The lowest BCUT2D eigenvalue weighted by Crippen LogP contribution is -2.38. The molecule has 0 aliphatic rings. The van der Waals surface area contributed by atoms with Gasteiger partial charge in [0.05, 0.1) is 22.3 Å². The summed E-state index contributed by atoms with van der Waals surface area (Å²) in [5, 5.41) is 5.93. The Kier molecular flexibility index (Phi) is 7.93. The van der Waals surface area contributed by atoms with Crippen molar-refractivity contribution in [1.29, 1.82) is 0 Å². The third-order valence-corrected chi connectivity index (χ3v) is 4.75. The number of hydrogen-bond acceptors (Lipinski definition) is 5. The third kappa shape index (κ3) is 6.03. The average molecular weight is 440 g/mol. The summed E-state index contributed by atoms with van der Waals surface area (Å²) in [7, 11) is 0. The number of rotatable bonds is 8. The van der Waals surface area contributed by atoms with E-state index < -0.39 is 17.8 Å². The van der Waals surface area contributed by atoms with E-state index in [4.69, 9.17) is 17.4 Å². The lowest BCUT2D eigenvalue weighted by atomic mass is 9.99. The van der Waals surface area contributed by atoms with Crippen molar-refractivity contribution in [2.24, 2.45) is 15.9 Å². The number of nitrogens with one attached hydrogen (secondary N) is 1. The molecule has 0 bridgehead atoms. The second kappa shape index (κ2) is 10.2. The average Bonchev–Trinajstić information content (AvgIpc) is 2.66. The molecule has 2 rings (SSSR count). The molecular weight excluding hydrogens is 419 g/mol. The van der Waals surface area contributed by atoms with Crippen LogP contribution in [0.2, 0.25) is 5.02 Å². The summed E-state index contributed by atoms with van der Waals surface area (Å²) >= 11 is 6.00. The quantitative estimate of drug-likeness (QED) is 0.279. The first-order valence-electron chi connectivity index (χ1n) is 9.01. The predicted molar refractivity (Wildman–Crippen MR) is 111 cm³/mol. The molecule has 30 heavy (non-hydrogen) atoms. The Labute approximate surface area is 177 Å². The smallest absolute Gasteiger partial charge is 0.350 e. The zero-order valence-corrected chi connectivity index (χ0v) is 17.1. The normalized spacial score (nSPS) is 13.8. The van der Waals surface area contributed by atoms with Gasteiger partial charge in [0.25, 0.3) is 0 Å². The highest BCUT2D eigenvalue weighted by atomic mass is 35.5. The van der Waals surface area contributed by atoms with Crippen molar-refractivity contribution < 1.29 is 18.0 Å². The fourth-order valence-corrected chi connectivity index (χ4v) is 3.16. The number of amides is 1. The SMILES string of the molecule is Cc1cccc(N=C(CCc2cccc(C(F)(F)F)c2Cl)C(=NN)C(C)NC=O)n1. The highest BCUT2D eigenvalue weighted by Gasteiger charge is 2.33. The summed E-state index contributed by atoms with van der Waals surface area (Å²) in [5.41, 5.74) is 0.814. The van der Waals surface area contributed by atoms with E-state index in [1.165, 1.54) is 12.1 Å². The fourth-order valence-electron chi connectivity index (χ4n) is 2.83. The summed E-state index contributed by atoms with van der Waals surface area (Å²) in [6, 6.07) is 8.44. The molecule has 1 unspecified atom stereocenters. The topological polar surface area (TPSA) is 92.7 Å². The Hall–Kier alpha value is -2.94. The Balaban J connectivity index is 2.40. The molecule has 1 atom stereocenters. The van der Waals surface area contributed by atoms with Crippen LogP contribution in [0.4, 0.5) is 19.0 Å². The van der Waals surface area contributed by atoms with Crippen LogP contribution < -0.4 is 11.2 Å². The molecule has 0 fully saturated rings. The zero-order chi connectivity index (χ0) is 22.3. The molecule has 0 spiro atoms. The van der Waals surface area contributed by atoms with Gasteiger partial charge in [-0.25, -0.2) is 9.98 Å². The number of halogens is 4. The molecule has 1 amide bonds. The summed E-state index contributed by atoms with van der Waals surface area (Å²) in [6.45, 7) is 3.46. The summed E-state index contributed by atoms with van der Waals surface area (Å²) < 4.78 is 39.4. The van der Waals surface area contributed by atoms with Gasteiger partial charge in [-0.05, 0) is 50.5 Å². The monoisotopic (exact) mass is 439 g/mol. The van der Waals surface area contributed by atoms with Crippen LogP contribution in [-0.4, -0.2) is 28.9 Å². The van der Waals surface area contributed by atoms with Gasteiger partial charge in [-0.1, -0.05) is 29.8 Å². The molecule has 6 nitrogen and oxygen atoms in total. The van der Waals surface area contributed by atoms with Crippen LogP contribution in [0, 0.1) is 6.92 Å². The molecule has 2 aromatic rings. The number of aryl methyl sites for hydroxylation is 2. The number of benzene rings is 1. The number of carbonyl (C=O) groups is 1. The van der Waals surface area contributed by atoms with Gasteiger partial charge in [-0.15, -0.1) is 0 Å². The number of pyridine rings is 1. The molecule has 1 heterocycles. The van der Waals surface area contributed by atoms with Crippen molar-refractivity contribution >= 4 is 35.3 Å². The van der Waals surface area contributed by atoms with Crippen LogP contribution in [0.3, 0.4) is 0 Å². The molecule has 0 saturated heterocycles. The van der Waals surface area contributed by atoms with Gasteiger partial charge in [-0.2, -0.15) is 18.3 Å². The number of aliphatic imine (C=N–C) groups is 1. The molecule has 0 saturated carbocycles. The number of hydrogen-bond donors (Lipinski definition) is 2. The van der Waals surface area contributed by atoms with Crippen molar-refractivity contribution in [3.8, 4) is 0 Å². The fraction of sp³-hybridized carbons (Fsp3) is 0.300. The Bertz CT molecular complexity index is 960. The van der Waals surface area contributed by atoms with Crippen LogP contribution in [0.25, 0.3) is 0 Å². The van der Waals surface area contributed by atoms with Crippen molar-refractivity contribution in [2.75, 3.05) is 0 Å². The van der Waals surface area contributed by atoms with Crippen LogP contribution in [0.1, 0.15) is 30.2 Å². The molecule has 160 valence electrons. The minimum absolute atomic E-state index is 0.153. The number of aromatic nitrogens is 1. The first-order valence-corrected chi connectivity index (χ1v) is 9.38. The third-order valence-electron chi connectivity index (χ3n) is 4.30. The molecule has 0 aliphatic carbocycles. The van der Waals surface area contributed by atoms with Gasteiger partial charge in [0, 0.05) is 5.69 Å². The van der Waals surface area contributed by atoms with Gasteiger partial charge in [0.2, 0.25) is 6.41 Å². The first-order chi connectivity index (χ1) is 14.2. The van der Waals surface area contributed by atoms with Crippen LogP contribution in [-0.2, 0) is 17.4 Å². The van der Waals surface area contributed by atoms with Gasteiger partial charge in [0.15, 0.2) is 5.82 Å². The van der Waals surface area contributed by atoms with Crippen LogP contribution in [0.5, 0.6) is 0 Å². The lowest BCUT2D eigenvalue weighted by molar-refractivity contribution is -0.137. The molecule has 0 aliphatic heterocycles. The maximum absolute atomic E-state index is 13.1.